The third-order valence-corrected chi connectivity index (χ3v) is 0.517. The molecule has 0 spiro atoms. The van der Waals surface area contributed by atoms with E-state index in [1.165, 1.54) is 0 Å². The first-order valence-corrected chi connectivity index (χ1v) is 1.77. The second-order valence-corrected chi connectivity index (χ2v) is 0.959. The number of hydrogen-bond donors (Lipinski definition) is 0. The Morgan fingerprint density at radius 2 is 2.14 bits per heavy atom. The van der Waals surface area contributed by atoms with Gasteiger partial charge in [0.15, 0.2) is 0 Å². The van der Waals surface area contributed by atoms with Crippen LogP contribution in [-0.4, -0.2) is 4.98 Å². The Morgan fingerprint density at radius 1 is 1.29 bits per heavy atom. The van der Waals surface area contributed by atoms with E-state index in [0.29, 0.717) is 0 Å². The van der Waals surface area contributed by atoms with Crippen molar-refractivity contribution in [2.45, 2.75) is 0 Å². The number of pyridine rings is 1. The van der Waals surface area contributed by atoms with Crippen LogP contribution in [0.1, 0.15) is 0 Å². The van der Waals surface area contributed by atoms with Gasteiger partial charge in [0.1, 0.15) is 0 Å². The molecule has 0 amide bonds. The molecular formula is C5H4KN. The first-order chi connectivity index (χ1) is 3.00. The maximum absolute atomic E-state index is 3.66. The molecule has 0 radical (unpaired) electrons. The molecule has 0 saturated carbocycles. The number of hydrogen-bond acceptors (Lipinski definition) is 1. The molecule has 0 unspecified atom stereocenters. The van der Waals surface area contributed by atoms with Crippen LogP contribution in [0.15, 0.2) is 24.4 Å². The van der Waals surface area contributed by atoms with Crippen LogP contribution in [0.2, 0.25) is 0 Å². The van der Waals surface area contributed by atoms with Crippen LogP contribution in [0.4, 0.5) is 0 Å². The summed E-state index contributed by atoms with van der Waals surface area (Å²) in [7, 11) is 0. The van der Waals surface area contributed by atoms with Gasteiger partial charge in [0.2, 0.25) is 0 Å². The van der Waals surface area contributed by atoms with Gasteiger partial charge in [-0.25, -0.2) is 0 Å². The third-order valence-electron chi connectivity index (χ3n) is 0.517. The van der Waals surface area contributed by atoms with Crippen LogP contribution in [0.5, 0.6) is 0 Å². The van der Waals surface area contributed by atoms with Gasteiger partial charge >= 0.3 is 51.4 Å². The van der Waals surface area contributed by atoms with Crippen molar-refractivity contribution in [3.8, 4) is 0 Å². The summed E-state index contributed by atoms with van der Waals surface area (Å²) in [5.74, 6) is 0. The van der Waals surface area contributed by atoms with Crippen molar-refractivity contribution in [1.29, 1.82) is 0 Å². The summed E-state index contributed by atoms with van der Waals surface area (Å²) >= 11 is 0. The maximum atomic E-state index is 3.66. The molecule has 0 atom stereocenters. The van der Waals surface area contributed by atoms with Crippen molar-refractivity contribution in [2.24, 2.45) is 0 Å². The third kappa shape index (κ3) is 3.38. The predicted octanol–water partition coefficient (Wildman–Crippen LogP) is -2.11. The van der Waals surface area contributed by atoms with Gasteiger partial charge in [-0.15, -0.1) is 0 Å². The molecule has 1 heterocycles. The molecule has 0 saturated heterocycles. The monoisotopic (exact) mass is 117 g/mol. The second-order valence-electron chi connectivity index (χ2n) is 0.959. The molecule has 30 valence electrons. The van der Waals surface area contributed by atoms with E-state index in [1.54, 1.807) is 12.3 Å². The summed E-state index contributed by atoms with van der Waals surface area (Å²) in [6.45, 7) is 0. The first kappa shape index (κ1) is 7.79. The Hall–Kier alpha value is 0.786. The molecule has 0 aliphatic carbocycles. The molecule has 1 nitrogen and oxygen atoms in total. The Balaban J connectivity index is 0.000000360. The average Bonchev–Trinajstić information content (AvgIpc) is 1.72. The Labute approximate surface area is 85.6 Å². The fourth-order valence-corrected chi connectivity index (χ4v) is 0.277. The molecule has 0 bridgehead atoms. The zero-order chi connectivity index (χ0) is 4.24. The molecule has 1 rings (SSSR count). The van der Waals surface area contributed by atoms with Crippen LogP contribution in [0.25, 0.3) is 0 Å². The van der Waals surface area contributed by atoms with E-state index in [9.17, 15) is 0 Å². The number of aromatic nitrogens is 1. The Morgan fingerprint density at radius 3 is 2.29 bits per heavy atom. The summed E-state index contributed by atoms with van der Waals surface area (Å²) in [5.41, 5.74) is 0. The van der Waals surface area contributed by atoms with E-state index >= 15 is 0 Å². The quantitative estimate of drug-likeness (QED) is 0.280. The fourth-order valence-electron chi connectivity index (χ4n) is 0.277. The van der Waals surface area contributed by atoms with Crippen LogP contribution < -0.4 is 51.4 Å². The van der Waals surface area contributed by atoms with Gasteiger partial charge in [0, 0.05) is 0 Å². The summed E-state index contributed by atoms with van der Waals surface area (Å²) in [4.78, 5) is 3.66. The van der Waals surface area contributed by atoms with E-state index in [-0.39, 0.29) is 51.4 Å². The van der Waals surface area contributed by atoms with Crippen molar-refractivity contribution >= 4 is 0 Å². The molecule has 0 aliphatic rings. The minimum Gasteiger partial charge on any atom is -0.394 e. The van der Waals surface area contributed by atoms with Gasteiger partial charge in [-0.05, 0) is 0 Å². The SMILES string of the molecule is [K+].[c-]1ccccn1. The van der Waals surface area contributed by atoms with Gasteiger partial charge in [-0.1, -0.05) is 12.4 Å². The molecule has 0 aliphatic heterocycles. The van der Waals surface area contributed by atoms with Crippen LogP contribution in [-0.2, 0) is 0 Å². The molecule has 1 aromatic heterocycles. The summed E-state index contributed by atoms with van der Waals surface area (Å²) < 4.78 is 0. The maximum Gasteiger partial charge on any atom is 1.00 e. The van der Waals surface area contributed by atoms with Gasteiger partial charge in [0.05, 0.1) is 0 Å². The zero-order valence-electron chi connectivity index (χ0n) is 4.26. The number of nitrogens with zero attached hydrogens (tertiary/aromatic N) is 1. The smallest absolute Gasteiger partial charge is 0.394 e. The molecule has 1 aromatic rings. The summed E-state index contributed by atoms with van der Waals surface area (Å²) in [5, 5.41) is 0. The van der Waals surface area contributed by atoms with Gasteiger partial charge < -0.3 is 4.98 Å². The van der Waals surface area contributed by atoms with Crippen molar-refractivity contribution in [1.82, 2.24) is 4.98 Å². The predicted molar refractivity (Wildman–Crippen MR) is 23.1 cm³/mol. The normalized spacial score (nSPS) is 6.86. The standard InChI is InChI=1S/C5H4N.K/c1-2-4-6-5-3-1;/h1-4H;/q-1;+1. The molecule has 0 fully saturated rings. The van der Waals surface area contributed by atoms with Crippen molar-refractivity contribution in [3.63, 3.8) is 0 Å². The minimum atomic E-state index is 0. The second kappa shape index (κ2) is 4.93. The van der Waals surface area contributed by atoms with Crippen molar-refractivity contribution in [3.05, 3.63) is 30.6 Å². The Kier molecular flexibility index (Phi) is 5.49. The van der Waals surface area contributed by atoms with Crippen molar-refractivity contribution < 1.29 is 51.4 Å². The minimum absolute atomic E-state index is 0. The van der Waals surface area contributed by atoms with E-state index in [4.69, 9.17) is 0 Å². The van der Waals surface area contributed by atoms with E-state index < -0.39 is 0 Å². The molecule has 2 heteroatoms. The molecule has 0 aromatic carbocycles. The van der Waals surface area contributed by atoms with Crippen LogP contribution >= 0.6 is 0 Å². The fraction of sp³-hybridized carbons (Fsp3) is 0. The first-order valence-electron chi connectivity index (χ1n) is 1.77. The Bertz CT molecular complexity index is 80.0. The van der Waals surface area contributed by atoms with Gasteiger partial charge in [0.25, 0.3) is 0 Å². The summed E-state index contributed by atoms with van der Waals surface area (Å²) in [6, 6.07) is 5.50. The summed E-state index contributed by atoms with van der Waals surface area (Å²) in [6.07, 6.45) is 4.34. The zero-order valence-corrected chi connectivity index (χ0v) is 7.38. The molecule has 7 heavy (non-hydrogen) atoms. The van der Waals surface area contributed by atoms with Crippen LogP contribution in [0.3, 0.4) is 0 Å². The molecule has 0 N–H and O–H groups in total. The van der Waals surface area contributed by atoms with Crippen LogP contribution in [0, 0.1) is 6.20 Å². The number of rotatable bonds is 0. The van der Waals surface area contributed by atoms with Gasteiger partial charge in [-0.2, -0.15) is 18.2 Å². The van der Waals surface area contributed by atoms with Gasteiger partial charge in [-0.3, -0.25) is 0 Å². The average molecular weight is 117 g/mol. The van der Waals surface area contributed by atoms with E-state index in [2.05, 4.69) is 11.2 Å². The molecular weight excluding hydrogens is 113 g/mol. The van der Waals surface area contributed by atoms with E-state index in [1.807, 2.05) is 12.1 Å². The van der Waals surface area contributed by atoms with Crippen molar-refractivity contribution in [2.75, 3.05) is 0 Å². The largest absolute Gasteiger partial charge is 1.00 e. The topological polar surface area (TPSA) is 12.9 Å². The van der Waals surface area contributed by atoms with E-state index in [0.717, 1.165) is 0 Å².